The van der Waals surface area contributed by atoms with Crippen molar-refractivity contribution < 1.29 is 4.74 Å². The van der Waals surface area contributed by atoms with E-state index in [9.17, 15) is 0 Å². The summed E-state index contributed by atoms with van der Waals surface area (Å²) in [5.74, 6) is 0. The summed E-state index contributed by atoms with van der Waals surface area (Å²) in [6.07, 6.45) is 8.28. The van der Waals surface area contributed by atoms with Crippen LogP contribution in [0.4, 0.5) is 0 Å². The van der Waals surface area contributed by atoms with Crippen molar-refractivity contribution in [3.63, 3.8) is 0 Å². The molecule has 1 saturated heterocycles. The van der Waals surface area contributed by atoms with Crippen molar-refractivity contribution in [2.75, 3.05) is 26.7 Å². The maximum absolute atomic E-state index is 5.65. The van der Waals surface area contributed by atoms with Gasteiger partial charge in [0.15, 0.2) is 0 Å². The third-order valence-corrected chi connectivity index (χ3v) is 4.34. The van der Waals surface area contributed by atoms with Gasteiger partial charge < -0.3 is 10.1 Å². The molecule has 3 atom stereocenters. The normalized spacial score (nSPS) is 36.0. The zero-order chi connectivity index (χ0) is 12.1. The van der Waals surface area contributed by atoms with Crippen molar-refractivity contribution in [3.8, 4) is 0 Å². The van der Waals surface area contributed by atoms with E-state index in [-0.39, 0.29) is 0 Å². The monoisotopic (exact) mass is 240 g/mol. The molecule has 1 aliphatic carbocycles. The predicted molar refractivity (Wildman–Crippen MR) is 71.3 cm³/mol. The first-order chi connectivity index (χ1) is 8.35. The number of ether oxygens (including phenoxy) is 1. The Kier molecular flexibility index (Phi) is 5.26. The van der Waals surface area contributed by atoms with E-state index < -0.39 is 0 Å². The maximum atomic E-state index is 5.65. The van der Waals surface area contributed by atoms with Gasteiger partial charge in [-0.2, -0.15) is 0 Å². The quantitative estimate of drug-likeness (QED) is 0.813. The summed E-state index contributed by atoms with van der Waals surface area (Å²) in [6, 6.07) is 1.37. The molecule has 0 aromatic heterocycles. The zero-order valence-electron chi connectivity index (χ0n) is 11.5. The molecule has 3 unspecified atom stereocenters. The van der Waals surface area contributed by atoms with Crippen LogP contribution >= 0.6 is 0 Å². The van der Waals surface area contributed by atoms with Gasteiger partial charge in [-0.25, -0.2) is 0 Å². The molecule has 2 fully saturated rings. The zero-order valence-corrected chi connectivity index (χ0v) is 11.5. The van der Waals surface area contributed by atoms with Crippen molar-refractivity contribution in [2.45, 2.75) is 63.6 Å². The topological polar surface area (TPSA) is 24.5 Å². The van der Waals surface area contributed by atoms with E-state index in [1.807, 2.05) is 7.11 Å². The second kappa shape index (κ2) is 6.72. The van der Waals surface area contributed by atoms with Crippen LogP contribution in [0.25, 0.3) is 0 Å². The minimum Gasteiger partial charge on any atom is -0.380 e. The molecule has 1 saturated carbocycles. The Morgan fingerprint density at radius 3 is 2.94 bits per heavy atom. The highest BCUT2D eigenvalue weighted by Crippen LogP contribution is 2.27. The van der Waals surface area contributed by atoms with Crippen molar-refractivity contribution in [1.82, 2.24) is 10.2 Å². The Labute approximate surface area is 106 Å². The molecule has 0 radical (unpaired) electrons. The highest BCUT2D eigenvalue weighted by molar-refractivity contribution is 4.89. The number of nitrogens with one attached hydrogen (secondary N) is 1. The molecule has 1 heterocycles. The summed E-state index contributed by atoms with van der Waals surface area (Å²) >= 11 is 0. The van der Waals surface area contributed by atoms with Crippen LogP contribution in [0.5, 0.6) is 0 Å². The SMILES string of the molecule is CCCC1CN(C2CCCC2OC)CCCN1. The molecular weight excluding hydrogens is 212 g/mol. The Hall–Kier alpha value is -0.120. The molecule has 1 aliphatic heterocycles. The average molecular weight is 240 g/mol. The van der Waals surface area contributed by atoms with Crippen molar-refractivity contribution in [1.29, 1.82) is 0 Å². The van der Waals surface area contributed by atoms with Crippen molar-refractivity contribution in [2.24, 2.45) is 0 Å². The third-order valence-electron chi connectivity index (χ3n) is 4.34. The van der Waals surface area contributed by atoms with E-state index in [0.29, 0.717) is 18.2 Å². The number of hydrogen-bond donors (Lipinski definition) is 1. The Morgan fingerprint density at radius 2 is 2.18 bits per heavy atom. The fraction of sp³-hybridized carbons (Fsp3) is 1.00. The van der Waals surface area contributed by atoms with Crippen molar-refractivity contribution in [3.05, 3.63) is 0 Å². The van der Waals surface area contributed by atoms with E-state index >= 15 is 0 Å². The van der Waals surface area contributed by atoms with Gasteiger partial charge in [-0.3, -0.25) is 4.90 Å². The molecule has 0 amide bonds. The van der Waals surface area contributed by atoms with Gasteiger partial charge in [-0.1, -0.05) is 13.3 Å². The second-order valence-electron chi connectivity index (χ2n) is 5.56. The van der Waals surface area contributed by atoms with E-state index in [2.05, 4.69) is 17.1 Å². The minimum atomic E-state index is 0.482. The molecule has 100 valence electrons. The van der Waals surface area contributed by atoms with Gasteiger partial charge >= 0.3 is 0 Å². The number of hydrogen-bond acceptors (Lipinski definition) is 3. The van der Waals surface area contributed by atoms with E-state index in [1.165, 1.54) is 58.2 Å². The Bertz CT molecular complexity index is 222. The highest BCUT2D eigenvalue weighted by Gasteiger charge is 2.33. The van der Waals surface area contributed by atoms with Gasteiger partial charge in [0.25, 0.3) is 0 Å². The third kappa shape index (κ3) is 3.43. The molecule has 0 bridgehead atoms. The fourth-order valence-electron chi connectivity index (χ4n) is 3.47. The highest BCUT2D eigenvalue weighted by atomic mass is 16.5. The molecule has 3 nitrogen and oxygen atoms in total. The van der Waals surface area contributed by atoms with Crippen LogP contribution < -0.4 is 5.32 Å². The van der Waals surface area contributed by atoms with E-state index in [4.69, 9.17) is 4.74 Å². The van der Waals surface area contributed by atoms with Crippen LogP contribution in [0.3, 0.4) is 0 Å². The van der Waals surface area contributed by atoms with Gasteiger partial charge in [-0.15, -0.1) is 0 Å². The maximum Gasteiger partial charge on any atom is 0.0726 e. The first-order valence-electron chi connectivity index (χ1n) is 7.35. The van der Waals surface area contributed by atoms with Gasteiger partial charge in [0.1, 0.15) is 0 Å². The van der Waals surface area contributed by atoms with E-state index in [0.717, 1.165) is 0 Å². The Morgan fingerprint density at radius 1 is 1.29 bits per heavy atom. The molecule has 0 spiro atoms. The summed E-state index contributed by atoms with van der Waals surface area (Å²) in [5, 5.41) is 3.69. The lowest BCUT2D eigenvalue weighted by Gasteiger charge is -2.33. The first-order valence-corrected chi connectivity index (χ1v) is 7.35. The Balaban J connectivity index is 1.93. The first kappa shape index (κ1) is 13.3. The van der Waals surface area contributed by atoms with Gasteiger partial charge in [0.05, 0.1) is 6.10 Å². The van der Waals surface area contributed by atoms with Crippen LogP contribution in [-0.4, -0.2) is 49.8 Å². The van der Waals surface area contributed by atoms with Crippen LogP contribution in [-0.2, 0) is 4.74 Å². The lowest BCUT2D eigenvalue weighted by molar-refractivity contribution is 0.0319. The summed E-state index contributed by atoms with van der Waals surface area (Å²) in [4.78, 5) is 2.70. The van der Waals surface area contributed by atoms with Crippen LogP contribution in [0.2, 0.25) is 0 Å². The van der Waals surface area contributed by atoms with Gasteiger partial charge in [-0.05, 0) is 45.2 Å². The molecule has 2 rings (SSSR count). The van der Waals surface area contributed by atoms with Gasteiger partial charge in [0, 0.05) is 25.7 Å². The summed E-state index contributed by atoms with van der Waals surface area (Å²) < 4.78 is 5.65. The van der Waals surface area contributed by atoms with Crippen LogP contribution in [0, 0.1) is 0 Å². The minimum absolute atomic E-state index is 0.482. The standard InChI is InChI=1S/C14H28N2O/c1-3-6-12-11-16(10-5-9-15-12)13-7-4-8-14(13)17-2/h12-15H,3-11H2,1-2H3. The summed E-state index contributed by atoms with van der Waals surface area (Å²) in [7, 11) is 1.88. The fourth-order valence-corrected chi connectivity index (χ4v) is 3.47. The number of rotatable bonds is 4. The van der Waals surface area contributed by atoms with E-state index in [1.54, 1.807) is 0 Å². The summed E-state index contributed by atoms with van der Waals surface area (Å²) in [5.41, 5.74) is 0. The average Bonchev–Trinajstić information content (AvgIpc) is 2.70. The lowest BCUT2D eigenvalue weighted by atomic mass is 10.1. The molecule has 3 heteroatoms. The molecule has 1 N–H and O–H groups in total. The lowest BCUT2D eigenvalue weighted by Crippen LogP contribution is -2.46. The molecule has 2 aliphatic rings. The molecule has 17 heavy (non-hydrogen) atoms. The number of nitrogens with zero attached hydrogens (tertiary/aromatic N) is 1. The largest absolute Gasteiger partial charge is 0.380 e. The van der Waals surface area contributed by atoms with Crippen molar-refractivity contribution >= 4 is 0 Å². The predicted octanol–water partition coefficient (Wildman–Crippen LogP) is 2.02. The van der Waals surface area contributed by atoms with Crippen LogP contribution in [0.1, 0.15) is 45.4 Å². The number of methoxy groups -OCH3 is 1. The smallest absolute Gasteiger partial charge is 0.0726 e. The van der Waals surface area contributed by atoms with Crippen LogP contribution in [0.15, 0.2) is 0 Å². The molecule has 0 aromatic carbocycles. The van der Waals surface area contributed by atoms with Gasteiger partial charge in [0.2, 0.25) is 0 Å². The molecule has 0 aromatic rings. The molecular formula is C14H28N2O. The second-order valence-corrected chi connectivity index (χ2v) is 5.56. The summed E-state index contributed by atoms with van der Waals surface area (Å²) in [6.45, 7) is 5.94.